The van der Waals surface area contributed by atoms with Crippen LogP contribution in [0.1, 0.15) is 34.8 Å². The Labute approximate surface area is 177 Å². The van der Waals surface area contributed by atoms with Crippen LogP contribution in [-0.4, -0.2) is 18.4 Å². The van der Waals surface area contributed by atoms with Crippen molar-refractivity contribution in [1.82, 2.24) is 0 Å². The first-order chi connectivity index (χ1) is 14.6. The molecular formula is C25H26N2O3. The van der Waals surface area contributed by atoms with E-state index in [1.807, 2.05) is 49.4 Å². The smallest absolute Gasteiger partial charge is 0.259 e. The third kappa shape index (κ3) is 5.47. The van der Waals surface area contributed by atoms with Crippen molar-refractivity contribution in [2.24, 2.45) is 0 Å². The summed E-state index contributed by atoms with van der Waals surface area (Å²) in [5.74, 6) is 0.213. The standard InChI is InChI=1S/C25H26N2O3/c1-3-24(28)26-21-13-9-14-22(18(21)2)27-25(29)20-12-7-8-15-23(20)30-17-16-19-10-5-4-6-11-19/h4-15H,3,16-17H2,1-2H3,(H,26,28)(H,27,29). The van der Waals surface area contributed by atoms with E-state index in [2.05, 4.69) is 22.8 Å². The maximum absolute atomic E-state index is 12.9. The number of ether oxygens (including phenoxy) is 1. The number of rotatable bonds is 8. The Morgan fingerprint density at radius 2 is 1.50 bits per heavy atom. The van der Waals surface area contributed by atoms with Crippen LogP contribution in [0.4, 0.5) is 11.4 Å². The van der Waals surface area contributed by atoms with Crippen molar-refractivity contribution in [1.29, 1.82) is 0 Å². The first-order valence-corrected chi connectivity index (χ1v) is 10.0. The summed E-state index contributed by atoms with van der Waals surface area (Å²) < 4.78 is 5.90. The topological polar surface area (TPSA) is 67.4 Å². The van der Waals surface area contributed by atoms with Gasteiger partial charge in [0.15, 0.2) is 0 Å². The summed E-state index contributed by atoms with van der Waals surface area (Å²) in [6.45, 7) is 4.14. The van der Waals surface area contributed by atoms with Crippen LogP contribution in [-0.2, 0) is 11.2 Å². The molecule has 0 unspecified atom stereocenters. The summed E-state index contributed by atoms with van der Waals surface area (Å²) in [6.07, 6.45) is 1.15. The number of hydrogen-bond acceptors (Lipinski definition) is 3. The second-order valence-electron chi connectivity index (χ2n) is 6.91. The molecule has 0 heterocycles. The molecule has 0 spiro atoms. The largest absolute Gasteiger partial charge is 0.492 e. The van der Waals surface area contributed by atoms with Gasteiger partial charge in [-0.3, -0.25) is 9.59 Å². The number of benzene rings is 3. The molecular weight excluding hydrogens is 376 g/mol. The lowest BCUT2D eigenvalue weighted by Crippen LogP contribution is -2.16. The van der Waals surface area contributed by atoms with Crippen molar-refractivity contribution in [2.75, 3.05) is 17.2 Å². The van der Waals surface area contributed by atoms with Gasteiger partial charge in [0.25, 0.3) is 5.91 Å². The van der Waals surface area contributed by atoms with Crippen molar-refractivity contribution in [2.45, 2.75) is 26.7 Å². The molecule has 3 aromatic carbocycles. The van der Waals surface area contributed by atoms with Gasteiger partial charge in [-0.1, -0.05) is 55.5 Å². The average molecular weight is 402 g/mol. The van der Waals surface area contributed by atoms with Crippen LogP contribution in [0.15, 0.2) is 72.8 Å². The number of nitrogens with one attached hydrogen (secondary N) is 2. The zero-order valence-corrected chi connectivity index (χ0v) is 17.3. The summed E-state index contributed by atoms with van der Waals surface area (Å²) in [5.41, 5.74) is 3.78. The van der Waals surface area contributed by atoms with Crippen molar-refractivity contribution >= 4 is 23.2 Å². The molecule has 2 N–H and O–H groups in total. The second-order valence-corrected chi connectivity index (χ2v) is 6.91. The Balaban J connectivity index is 1.70. The van der Waals surface area contributed by atoms with Crippen molar-refractivity contribution in [3.05, 3.63) is 89.5 Å². The molecule has 0 aromatic heterocycles. The highest BCUT2D eigenvalue weighted by molar-refractivity contribution is 6.07. The molecule has 0 saturated carbocycles. The van der Waals surface area contributed by atoms with Gasteiger partial charge in [-0.05, 0) is 42.3 Å². The van der Waals surface area contributed by atoms with Gasteiger partial charge in [-0.25, -0.2) is 0 Å². The average Bonchev–Trinajstić information content (AvgIpc) is 2.77. The third-order valence-electron chi connectivity index (χ3n) is 4.80. The molecule has 3 rings (SSSR count). The maximum Gasteiger partial charge on any atom is 0.259 e. The van der Waals surface area contributed by atoms with Crippen LogP contribution in [0, 0.1) is 6.92 Å². The van der Waals surface area contributed by atoms with E-state index in [-0.39, 0.29) is 11.8 Å². The van der Waals surface area contributed by atoms with Gasteiger partial charge in [0, 0.05) is 24.2 Å². The quantitative estimate of drug-likeness (QED) is 0.543. The Bertz CT molecular complexity index is 1020. The summed E-state index contributed by atoms with van der Waals surface area (Å²) >= 11 is 0. The molecule has 0 saturated heterocycles. The first kappa shape index (κ1) is 21.1. The van der Waals surface area contributed by atoms with Gasteiger partial charge >= 0.3 is 0 Å². The normalized spacial score (nSPS) is 10.3. The van der Waals surface area contributed by atoms with E-state index in [9.17, 15) is 9.59 Å². The number of carbonyl (C=O) groups is 2. The van der Waals surface area contributed by atoms with E-state index in [1.165, 1.54) is 5.56 Å². The monoisotopic (exact) mass is 402 g/mol. The maximum atomic E-state index is 12.9. The van der Waals surface area contributed by atoms with Crippen LogP contribution in [0.25, 0.3) is 0 Å². The molecule has 0 aliphatic carbocycles. The van der Waals surface area contributed by atoms with Crippen molar-refractivity contribution in [3.8, 4) is 5.75 Å². The van der Waals surface area contributed by atoms with Crippen LogP contribution in [0.3, 0.4) is 0 Å². The molecule has 154 valence electrons. The minimum atomic E-state index is -0.257. The summed E-state index contributed by atoms with van der Waals surface area (Å²) in [7, 11) is 0. The third-order valence-corrected chi connectivity index (χ3v) is 4.80. The zero-order chi connectivity index (χ0) is 21.3. The Morgan fingerprint density at radius 1 is 0.833 bits per heavy atom. The molecule has 30 heavy (non-hydrogen) atoms. The minimum Gasteiger partial charge on any atom is -0.492 e. The van der Waals surface area contributed by atoms with Gasteiger partial charge in [-0.2, -0.15) is 0 Å². The predicted octanol–water partition coefficient (Wildman–Crippen LogP) is 5.22. The van der Waals surface area contributed by atoms with Crippen LogP contribution in [0.2, 0.25) is 0 Å². The molecule has 3 aromatic rings. The fourth-order valence-corrected chi connectivity index (χ4v) is 3.04. The molecule has 5 heteroatoms. The van der Waals surface area contributed by atoms with Gasteiger partial charge in [0.1, 0.15) is 5.75 Å². The molecule has 0 bridgehead atoms. The number of amides is 2. The molecule has 0 radical (unpaired) electrons. The molecule has 5 nitrogen and oxygen atoms in total. The van der Waals surface area contributed by atoms with Crippen LogP contribution >= 0.6 is 0 Å². The lowest BCUT2D eigenvalue weighted by Gasteiger charge is -2.15. The van der Waals surface area contributed by atoms with Gasteiger partial charge in [-0.15, -0.1) is 0 Å². The molecule has 2 amide bonds. The highest BCUT2D eigenvalue weighted by Gasteiger charge is 2.15. The molecule has 0 aliphatic rings. The molecule has 0 fully saturated rings. The number of hydrogen-bond donors (Lipinski definition) is 2. The SMILES string of the molecule is CCC(=O)Nc1cccc(NC(=O)c2ccccc2OCCc2ccccc2)c1C. The van der Waals surface area contributed by atoms with E-state index < -0.39 is 0 Å². The van der Waals surface area contributed by atoms with E-state index in [0.29, 0.717) is 35.7 Å². The first-order valence-electron chi connectivity index (χ1n) is 10.0. The highest BCUT2D eigenvalue weighted by Crippen LogP contribution is 2.26. The van der Waals surface area contributed by atoms with Gasteiger partial charge in [0.05, 0.1) is 12.2 Å². The number of para-hydroxylation sites is 1. The van der Waals surface area contributed by atoms with E-state index in [1.54, 1.807) is 25.1 Å². The van der Waals surface area contributed by atoms with E-state index >= 15 is 0 Å². The Hall–Kier alpha value is -3.60. The number of carbonyl (C=O) groups excluding carboxylic acids is 2. The lowest BCUT2D eigenvalue weighted by molar-refractivity contribution is -0.115. The van der Waals surface area contributed by atoms with Crippen molar-refractivity contribution < 1.29 is 14.3 Å². The van der Waals surface area contributed by atoms with Crippen LogP contribution < -0.4 is 15.4 Å². The summed E-state index contributed by atoms with van der Waals surface area (Å²) in [4.78, 5) is 24.7. The molecule has 0 atom stereocenters. The van der Waals surface area contributed by atoms with E-state index in [4.69, 9.17) is 4.74 Å². The fraction of sp³-hybridized carbons (Fsp3) is 0.200. The van der Waals surface area contributed by atoms with Crippen molar-refractivity contribution in [3.63, 3.8) is 0 Å². The highest BCUT2D eigenvalue weighted by atomic mass is 16.5. The van der Waals surface area contributed by atoms with Gasteiger partial charge < -0.3 is 15.4 Å². The fourth-order valence-electron chi connectivity index (χ4n) is 3.04. The minimum absolute atomic E-state index is 0.0706. The Kier molecular flexibility index (Phi) is 7.22. The lowest BCUT2D eigenvalue weighted by atomic mass is 10.1. The zero-order valence-electron chi connectivity index (χ0n) is 17.3. The second kappa shape index (κ2) is 10.3. The Morgan fingerprint density at radius 3 is 2.23 bits per heavy atom. The summed E-state index contributed by atoms with van der Waals surface area (Å²) in [6, 6.07) is 22.7. The van der Waals surface area contributed by atoms with Gasteiger partial charge in [0.2, 0.25) is 5.91 Å². The predicted molar refractivity (Wildman–Crippen MR) is 120 cm³/mol. The van der Waals surface area contributed by atoms with E-state index in [0.717, 1.165) is 12.0 Å². The summed E-state index contributed by atoms with van der Waals surface area (Å²) in [5, 5.41) is 5.79. The molecule has 0 aliphatic heterocycles. The van der Waals surface area contributed by atoms with Crippen LogP contribution in [0.5, 0.6) is 5.75 Å². The number of anilines is 2.